The van der Waals surface area contributed by atoms with Gasteiger partial charge >= 0.3 is 0 Å². The molecule has 5 aromatic rings. The van der Waals surface area contributed by atoms with Crippen molar-refractivity contribution in [2.45, 2.75) is 0 Å². The van der Waals surface area contributed by atoms with Crippen molar-refractivity contribution < 1.29 is 4.79 Å². The Labute approximate surface area is 191 Å². The van der Waals surface area contributed by atoms with Crippen molar-refractivity contribution in [1.82, 2.24) is 9.97 Å². The molecule has 0 unspecified atom stereocenters. The molecule has 0 aliphatic heterocycles. The van der Waals surface area contributed by atoms with Gasteiger partial charge in [-0.15, -0.1) is 0 Å². The number of ketones is 1. The Morgan fingerprint density at radius 3 is 1.82 bits per heavy atom. The molecule has 2 aromatic heterocycles. The first kappa shape index (κ1) is 19.1. The van der Waals surface area contributed by atoms with Gasteiger partial charge in [0.05, 0.1) is 11.1 Å². The summed E-state index contributed by atoms with van der Waals surface area (Å²) in [7, 11) is 0. The van der Waals surface area contributed by atoms with Crippen molar-refractivity contribution >= 4 is 22.8 Å². The normalized spacial score (nSPS) is 11.7. The van der Waals surface area contributed by atoms with E-state index in [2.05, 4.69) is 63.4 Å². The maximum absolute atomic E-state index is 12.8. The van der Waals surface area contributed by atoms with Crippen LogP contribution in [0.25, 0.3) is 22.5 Å². The monoisotopic (exact) mass is 425 g/mol. The van der Waals surface area contributed by atoms with Crippen LogP contribution in [0.3, 0.4) is 0 Å². The van der Waals surface area contributed by atoms with Gasteiger partial charge in [0.2, 0.25) is 0 Å². The zero-order valence-corrected chi connectivity index (χ0v) is 17.7. The topological polar surface area (TPSA) is 46.1 Å². The van der Waals surface area contributed by atoms with Gasteiger partial charge in [0.15, 0.2) is 5.78 Å². The number of anilines is 3. The van der Waals surface area contributed by atoms with Crippen molar-refractivity contribution in [2.24, 2.45) is 0 Å². The molecule has 0 amide bonds. The first-order valence-corrected chi connectivity index (χ1v) is 10.8. The lowest BCUT2D eigenvalue weighted by Crippen LogP contribution is -2.09. The average molecular weight is 425 g/mol. The fraction of sp³-hybridized carbons (Fsp3) is 0. The Balaban J connectivity index is 1.38. The third kappa shape index (κ3) is 3.29. The summed E-state index contributed by atoms with van der Waals surface area (Å²) in [6.07, 6.45) is 3.51. The molecule has 0 N–H and O–H groups in total. The molecule has 0 saturated heterocycles. The van der Waals surface area contributed by atoms with E-state index in [1.165, 1.54) is 0 Å². The molecule has 0 saturated carbocycles. The molecule has 0 spiro atoms. The number of carbonyl (C=O) groups excluding carboxylic acids is 1. The molecule has 6 rings (SSSR count). The fourth-order valence-corrected chi connectivity index (χ4v) is 4.31. The van der Waals surface area contributed by atoms with E-state index in [-0.39, 0.29) is 5.78 Å². The standard InChI is InChI=1S/C29H19N3O/c33-29-25-12-7-17-30-27(25)28-26(29)18-21(19-31-28)20-13-15-24(16-14-20)32(22-8-3-1-4-9-22)23-10-5-2-6-11-23/h1-19H. The highest BCUT2D eigenvalue weighted by molar-refractivity contribution is 6.20. The largest absolute Gasteiger partial charge is 0.311 e. The Morgan fingerprint density at radius 2 is 1.15 bits per heavy atom. The van der Waals surface area contributed by atoms with Gasteiger partial charge in [-0.05, 0) is 60.2 Å². The van der Waals surface area contributed by atoms with Crippen LogP contribution in [0, 0.1) is 0 Å². The summed E-state index contributed by atoms with van der Waals surface area (Å²) in [5, 5.41) is 0. The van der Waals surface area contributed by atoms with Gasteiger partial charge in [-0.2, -0.15) is 0 Å². The maximum Gasteiger partial charge on any atom is 0.197 e. The van der Waals surface area contributed by atoms with E-state index in [1.807, 2.05) is 54.7 Å². The Kier molecular flexibility index (Phi) is 4.55. The highest BCUT2D eigenvalue weighted by Crippen LogP contribution is 2.37. The third-order valence-corrected chi connectivity index (χ3v) is 5.90. The lowest BCUT2D eigenvalue weighted by atomic mass is 10.0. The minimum Gasteiger partial charge on any atom is -0.311 e. The minimum absolute atomic E-state index is 0.0154. The second-order valence-electron chi connectivity index (χ2n) is 7.90. The van der Waals surface area contributed by atoms with Crippen LogP contribution in [-0.4, -0.2) is 15.8 Å². The lowest BCUT2D eigenvalue weighted by molar-refractivity contribution is 0.104. The van der Waals surface area contributed by atoms with Gasteiger partial charge < -0.3 is 4.90 Å². The SMILES string of the molecule is O=C1c2cccnc2-c2ncc(-c3ccc(N(c4ccccc4)c4ccccc4)cc3)cc21. The maximum atomic E-state index is 12.8. The fourth-order valence-electron chi connectivity index (χ4n) is 4.31. The summed E-state index contributed by atoms with van der Waals surface area (Å²) in [4.78, 5) is 24.0. The van der Waals surface area contributed by atoms with Crippen LogP contribution in [0.15, 0.2) is 116 Å². The molecule has 1 aliphatic rings. The summed E-state index contributed by atoms with van der Waals surface area (Å²) >= 11 is 0. The second kappa shape index (κ2) is 7.84. The van der Waals surface area contributed by atoms with Crippen molar-refractivity contribution in [2.75, 3.05) is 4.90 Å². The number of hydrogen-bond acceptors (Lipinski definition) is 4. The number of nitrogens with zero attached hydrogens (tertiary/aromatic N) is 3. The number of carbonyl (C=O) groups is 1. The molecular weight excluding hydrogens is 406 g/mol. The third-order valence-electron chi connectivity index (χ3n) is 5.90. The van der Waals surface area contributed by atoms with E-state index in [0.717, 1.165) is 28.2 Å². The number of pyridine rings is 2. The summed E-state index contributed by atoms with van der Waals surface area (Å²) in [5.74, 6) is -0.0154. The average Bonchev–Trinajstić information content (AvgIpc) is 3.17. The van der Waals surface area contributed by atoms with Crippen LogP contribution < -0.4 is 4.90 Å². The first-order chi connectivity index (χ1) is 16.3. The molecule has 156 valence electrons. The van der Waals surface area contributed by atoms with Crippen molar-refractivity contribution in [1.29, 1.82) is 0 Å². The number of para-hydroxylation sites is 2. The minimum atomic E-state index is -0.0154. The van der Waals surface area contributed by atoms with Gasteiger partial charge in [-0.1, -0.05) is 48.5 Å². The van der Waals surface area contributed by atoms with Crippen LogP contribution in [0.5, 0.6) is 0 Å². The quantitative estimate of drug-likeness (QED) is 0.311. The van der Waals surface area contributed by atoms with Crippen LogP contribution in [0.4, 0.5) is 17.1 Å². The number of hydrogen-bond donors (Lipinski definition) is 0. The van der Waals surface area contributed by atoms with E-state index in [9.17, 15) is 4.79 Å². The number of benzene rings is 3. The van der Waals surface area contributed by atoms with Crippen LogP contribution in [0.2, 0.25) is 0 Å². The van der Waals surface area contributed by atoms with Crippen LogP contribution in [-0.2, 0) is 0 Å². The van der Waals surface area contributed by atoms with Crippen molar-refractivity contribution in [3.8, 4) is 22.5 Å². The van der Waals surface area contributed by atoms with Gasteiger partial charge in [-0.25, -0.2) is 0 Å². The number of aromatic nitrogens is 2. The summed E-state index contributed by atoms with van der Waals surface area (Å²) in [5.41, 5.74) is 7.71. The highest BCUT2D eigenvalue weighted by Gasteiger charge is 2.29. The molecule has 3 aromatic carbocycles. The number of fused-ring (bicyclic) bond motifs is 3. The molecule has 33 heavy (non-hydrogen) atoms. The van der Waals surface area contributed by atoms with Crippen LogP contribution in [0.1, 0.15) is 15.9 Å². The first-order valence-electron chi connectivity index (χ1n) is 10.8. The molecule has 1 aliphatic carbocycles. The summed E-state index contributed by atoms with van der Waals surface area (Å²) < 4.78 is 0. The molecule has 4 nitrogen and oxygen atoms in total. The Morgan fingerprint density at radius 1 is 0.545 bits per heavy atom. The number of rotatable bonds is 4. The molecular formula is C29H19N3O. The van der Waals surface area contributed by atoms with Gasteiger partial charge in [0, 0.05) is 35.0 Å². The summed E-state index contributed by atoms with van der Waals surface area (Å²) in [6, 6.07) is 34.5. The molecule has 0 fully saturated rings. The molecule has 0 atom stereocenters. The lowest BCUT2D eigenvalue weighted by Gasteiger charge is -2.25. The predicted octanol–water partition coefficient (Wildman–Crippen LogP) is 6.82. The molecule has 0 radical (unpaired) electrons. The molecule has 2 heterocycles. The van der Waals surface area contributed by atoms with E-state index >= 15 is 0 Å². The predicted molar refractivity (Wildman–Crippen MR) is 131 cm³/mol. The van der Waals surface area contributed by atoms with Gasteiger partial charge in [0.25, 0.3) is 0 Å². The van der Waals surface area contributed by atoms with Crippen LogP contribution >= 0.6 is 0 Å². The molecule has 0 bridgehead atoms. The Hall–Kier alpha value is -4.57. The second-order valence-corrected chi connectivity index (χ2v) is 7.90. The Bertz CT molecular complexity index is 1420. The van der Waals surface area contributed by atoms with Gasteiger partial charge in [0.1, 0.15) is 11.4 Å². The zero-order valence-electron chi connectivity index (χ0n) is 17.7. The highest BCUT2D eigenvalue weighted by atomic mass is 16.1. The summed E-state index contributed by atoms with van der Waals surface area (Å²) in [6.45, 7) is 0. The van der Waals surface area contributed by atoms with E-state index in [0.29, 0.717) is 22.5 Å². The zero-order chi connectivity index (χ0) is 22.2. The molecule has 4 heteroatoms. The van der Waals surface area contributed by atoms with E-state index in [4.69, 9.17) is 0 Å². The van der Waals surface area contributed by atoms with E-state index < -0.39 is 0 Å². The van der Waals surface area contributed by atoms with Crippen molar-refractivity contribution in [3.63, 3.8) is 0 Å². The smallest absolute Gasteiger partial charge is 0.197 e. The van der Waals surface area contributed by atoms with E-state index in [1.54, 1.807) is 12.3 Å². The van der Waals surface area contributed by atoms with Gasteiger partial charge in [-0.3, -0.25) is 14.8 Å². The van der Waals surface area contributed by atoms with Crippen molar-refractivity contribution in [3.05, 3.63) is 127 Å².